The van der Waals surface area contributed by atoms with Gasteiger partial charge in [0.1, 0.15) is 17.3 Å². The lowest BCUT2D eigenvalue weighted by atomic mass is 10.1. The minimum atomic E-state index is -3.70. The fourth-order valence-corrected chi connectivity index (χ4v) is 4.11. The second kappa shape index (κ2) is 5.05. The topological polar surface area (TPSA) is 81.4 Å². The second-order valence-electron chi connectivity index (χ2n) is 5.02. The third-order valence-electron chi connectivity index (χ3n) is 3.51. The molecule has 1 aliphatic heterocycles. The van der Waals surface area contributed by atoms with Crippen LogP contribution in [-0.2, 0) is 10.0 Å². The minimum absolute atomic E-state index is 0.134. The fraction of sp³-hybridized carbons (Fsp3) is 0.200. The number of nitrogens with two attached hydrogens (primary N) is 1. The van der Waals surface area contributed by atoms with Crippen molar-refractivity contribution in [3.63, 3.8) is 0 Å². The molecule has 1 unspecified atom stereocenters. The number of para-hydroxylation sites is 1. The van der Waals surface area contributed by atoms with Gasteiger partial charge in [0.05, 0.1) is 11.7 Å². The molecule has 6 heteroatoms. The highest BCUT2D eigenvalue weighted by Gasteiger charge is 2.30. The number of anilines is 1. The molecule has 0 aliphatic carbocycles. The van der Waals surface area contributed by atoms with Crippen molar-refractivity contribution in [2.45, 2.75) is 17.9 Å². The van der Waals surface area contributed by atoms with Crippen molar-refractivity contribution in [2.75, 3.05) is 12.3 Å². The molecule has 2 aromatic rings. The van der Waals surface area contributed by atoms with Gasteiger partial charge >= 0.3 is 0 Å². The van der Waals surface area contributed by atoms with Gasteiger partial charge in [0.2, 0.25) is 10.0 Å². The predicted molar refractivity (Wildman–Crippen MR) is 80.6 cm³/mol. The summed E-state index contributed by atoms with van der Waals surface area (Å²) in [7, 11) is -3.70. The Balaban J connectivity index is 1.95. The Hall–Kier alpha value is -2.05. The Morgan fingerprint density at radius 2 is 1.95 bits per heavy atom. The van der Waals surface area contributed by atoms with Gasteiger partial charge in [0.15, 0.2) is 0 Å². The number of fused-ring (bicyclic) bond motifs is 1. The van der Waals surface area contributed by atoms with Gasteiger partial charge in [-0.25, -0.2) is 8.42 Å². The number of nitrogen functional groups attached to an aromatic ring is 1. The van der Waals surface area contributed by atoms with Gasteiger partial charge in [-0.15, -0.1) is 0 Å². The summed E-state index contributed by atoms with van der Waals surface area (Å²) in [5.74, 6) is 0.711. The largest absolute Gasteiger partial charge is 0.491 e. The van der Waals surface area contributed by atoms with Crippen molar-refractivity contribution < 1.29 is 13.2 Å². The first-order valence-corrected chi connectivity index (χ1v) is 8.06. The summed E-state index contributed by atoms with van der Waals surface area (Å²) in [4.78, 5) is 0.134. The maximum Gasteiger partial charge on any atom is 0.243 e. The van der Waals surface area contributed by atoms with Crippen LogP contribution in [0, 0.1) is 6.92 Å². The molecule has 1 heterocycles. The normalized spacial score (nSPS) is 17.3. The van der Waals surface area contributed by atoms with E-state index in [9.17, 15) is 8.42 Å². The molecule has 0 aromatic heterocycles. The van der Waals surface area contributed by atoms with E-state index in [1.165, 1.54) is 0 Å². The molecule has 1 atom stereocenters. The molecule has 0 bridgehead atoms. The van der Waals surface area contributed by atoms with Crippen LogP contribution in [-0.4, -0.2) is 15.0 Å². The predicted octanol–water partition coefficient (Wildman–Crippen LogP) is 1.99. The lowest BCUT2D eigenvalue weighted by Crippen LogP contribution is -2.30. The minimum Gasteiger partial charge on any atom is -0.491 e. The van der Waals surface area contributed by atoms with Gasteiger partial charge in [0, 0.05) is 5.56 Å². The number of hydrogen-bond donors (Lipinski definition) is 2. The van der Waals surface area contributed by atoms with E-state index < -0.39 is 16.1 Å². The lowest BCUT2D eigenvalue weighted by molar-refractivity contribution is 0.325. The zero-order valence-corrected chi connectivity index (χ0v) is 12.4. The highest BCUT2D eigenvalue weighted by Crippen LogP contribution is 2.33. The van der Waals surface area contributed by atoms with E-state index in [1.54, 1.807) is 25.1 Å². The van der Waals surface area contributed by atoms with Crippen LogP contribution < -0.4 is 15.2 Å². The maximum atomic E-state index is 12.6. The number of aryl methyl sites for hydroxylation is 1. The average molecular weight is 304 g/mol. The molecule has 110 valence electrons. The molecule has 3 N–H and O–H groups in total. The molecule has 0 radical (unpaired) electrons. The van der Waals surface area contributed by atoms with E-state index in [0.717, 1.165) is 5.56 Å². The van der Waals surface area contributed by atoms with Gasteiger partial charge < -0.3 is 10.5 Å². The first kappa shape index (κ1) is 13.9. The van der Waals surface area contributed by atoms with E-state index >= 15 is 0 Å². The fourth-order valence-electron chi connectivity index (χ4n) is 2.55. The average Bonchev–Trinajstić information content (AvgIpc) is 2.81. The van der Waals surface area contributed by atoms with E-state index in [2.05, 4.69) is 4.72 Å². The summed E-state index contributed by atoms with van der Waals surface area (Å²) in [6.07, 6.45) is 0. The van der Waals surface area contributed by atoms with Crippen molar-refractivity contribution in [1.82, 2.24) is 4.72 Å². The Labute approximate surface area is 123 Å². The standard InChI is InChI=1S/C15H16N2O3S/c1-10-5-4-7-12(16)15(10)21(18,19)17-13-9-20-14-8-3-2-6-11(13)14/h2-8,13,17H,9,16H2,1H3. The summed E-state index contributed by atoms with van der Waals surface area (Å²) < 4.78 is 33.4. The maximum absolute atomic E-state index is 12.6. The molecule has 0 spiro atoms. The second-order valence-corrected chi connectivity index (χ2v) is 6.67. The SMILES string of the molecule is Cc1cccc(N)c1S(=O)(=O)NC1COc2ccccc21. The van der Waals surface area contributed by atoms with Crippen LogP contribution in [0.5, 0.6) is 5.75 Å². The number of sulfonamides is 1. The van der Waals surface area contributed by atoms with E-state index in [0.29, 0.717) is 11.3 Å². The molecule has 21 heavy (non-hydrogen) atoms. The van der Waals surface area contributed by atoms with Gasteiger partial charge in [-0.2, -0.15) is 4.72 Å². The Kier molecular flexibility index (Phi) is 3.35. The number of benzene rings is 2. The van der Waals surface area contributed by atoms with Crippen LogP contribution in [0.4, 0.5) is 5.69 Å². The first-order chi connectivity index (χ1) is 9.99. The lowest BCUT2D eigenvalue weighted by Gasteiger charge is -2.15. The highest BCUT2D eigenvalue weighted by atomic mass is 32.2. The van der Waals surface area contributed by atoms with Crippen molar-refractivity contribution in [1.29, 1.82) is 0 Å². The molecular formula is C15H16N2O3S. The zero-order chi connectivity index (χ0) is 15.0. The quantitative estimate of drug-likeness (QED) is 0.850. The molecule has 0 saturated carbocycles. The van der Waals surface area contributed by atoms with E-state index in [-0.39, 0.29) is 17.2 Å². The van der Waals surface area contributed by atoms with Crippen LogP contribution in [0.15, 0.2) is 47.4 Å². The van der Waals surface area contributed by atoms with Crippen LogP contribution >= 0.6 is 0 Å². The number of ether oxygens (including phenoxy) is 1. The number of rotatable bonds is 3. The third-order valence-corrected chi connectivity index (χ3v) is 5.20. The van der Waals surface area contributed by atoms with Crippen LogP contribution in [0.1, 0.15) is 17.2 Å². The Morgan fingerprint density at radius 3 is 2.71 bits per heavy atom. The molecular weight excluding hydrogens is 288 g/mol. The summed E-state index contributed by atoms with van der Waals surface area (Å²) in [5, 5.41) is 0. The van der Waals surface area contributed by atoms with Crippen LogP contribution in [0.25, 0.3) is 0 Å². The van der Waals surface area contributed by atoms with Crippen molar-refractivity contribution in [3.8, 4) is 5.75 Å². The van der Waals surface area contributed by atoms with Crippen LogP contribution in [0.3, 0.4) is 0 Å². The number of hydrogen-bond acceptors (Lipinski definition) is 4. The van der Waals surface area contributed by atoms with Crippen molar-refractivity contribution in [3.05, 3.63) is 53.6 Å². The van der Waals surface area contributed by atoms with Crippen molar-refractivity contribution >= 4 is 15.7 Å². The van der Waals surface area contributed by atoms with Gasteiger partial charge in [-0.05, 0) is 24.6 Å². The first-order valence-electron chi connectivity index (χ1n) is 6.58. The van der Waals surface area contributed by atoms with Crippen LogP contribution in [0.2, 0.25) is 0 Å². The summed E-state index contributed by atoms with van der Waals surface area (Å²) in [5.41, 5.74) is 7.53. The third kappa shape index (κ3) is 2.48. The van der Waals surface area contributed by atoms with Gasteiger partial charge in [-0.3, -0.25) is 0 Å². The summed E-state index contributed by atoms with van der Waals surface area (Å²) in [6.45, 7) is 2.01. The Bertz CT molecular complexity index is 767. The number of nitrogens with one attached hydrogen (secondary N) is 1. The smallest absolute Gasteiger partial charge is 0.243 e. The summed E-state index contributed by atoms with van der Waals surface area (Å²) >= 11 is 0. The van der Waals surface area contributed by atoms with E-state index in [1.807, 2.05) is 24.3 Å². The molecule has 5 nitrogen and oxygen atoms in total. The molecule has 3 rings (SSSR count). The highest BCUT2D eigenvalue weighted by molar-refractivity contribution is 7.89. The van der Waals surface area contributed by atoms with Crippen molar-refractivity contribution in [2.24, 2.45) is 0 Å². The zero-order valence-electron chi connectivity index (χ0n) is 11.5. The molecule has 2 aromatic carbocycles. The summed E-state index contributed by atoms with van der Waals surface area (Å²) in [6, 6.07) is 12.0. The van der Waals surface area contributed by atoms with Gasteiger partial charge in [0.25, 0.3) is 0 Å². The van der Waals surface area contributed by atoms with Gasteiger partial charge in [-0.1, -0.05) is 30.3 Å². The Morgan fingerprint density at radius 1 is 1.19 bits per heavy atom. The molecule has 0 saturated heterocycles. The van der Waals surface area contributed by atoms with E-state index in [4.69, 9.17) is 10.5 Å². The molecule has 1 aliphatic rings. The molecule has 0 amide bonds. The molecule has 0 fully saturated rings. The monoisotopic (exact) mass is 304 g/mol.